The molecule has 0 unspecified atom stereocenters. The topological polar surface area (TPSA) is 89.8 Å². The zero-order valence-electron chi connectivity index (χ0n) is 13.0. The molecule has 0 aliphatic heterocycles. The summed E-state index contributed by atoms with van der Waals surface area (Å²) in [6.07, 6.45) is 4.08. The van der Waals surface area contributed by atoms with Crippen LogP contribution in [0.15, 0.2) is 42.7 Å². The summed E-state index contributed by atoms with van der Waals surface area (Å²) >= 11 is 1.26. The van der Waals surface area contributed by atoms with Crippen molar-refractivity contribution in [3.63, 3.8) is 0 Å². The second-order valence-corrected chi connectivity index (χ2v) is 6.17. The van der Waals surface area contributed by atoms with Gasteiger partial charge in [-0.25, -0.2) is 4.98 Å². The maximum Gasteiger partial charge on any atom is 0.293 e. The minimum atomic E-state index is -0.342. The highest BCUT2D eigenvalue weighted by Gasteiger charge is 2.14. The molecule has 2 heterocycles. The van der Waals surface area contributed by atoms with E-state index in [1.165, 1.54) is 11.3 Å². The van der Waals surface area contributed by atoms with E-state index < -0.39 is 0 Å². The molecule has 0 radical (unpaired) electrons. The van der Waals surface area contributed by atoms with Crippen molar-refractivity contribution < 1.29 is 9.59 Å². The standard InChI is InChI=1S/C16H15N5O2S/c1-21-10-9-17-14(21)15(23)18-16-20-19-13(24-16)8-7-12(22)11-5-3-2-4-6-11/h2-6,9-10H,7-8H2,1H3,(H,18,20,23). The number of carbonyl (C=O) groups excluding carboxylic acids is 2. The number of ketones is 1. The Morgan fingerprint density at radius 3 is 2.71 bits per heavy atom. The molecule has 0 aliphatic carbocycles. The van der Waals surface area contributed by atoms with Crippen LogP contribution in [-0.4, -0.2) is 31.4 Å². The highest BCUT2D eigenvalue weighted by atomic mass is 32.1. The Bertz CT molecular complexity index is 856. The third kappa shape index (κ3) is 3.72. The Balaban J connectivity index is 1.57. The van der Waals surface area contributed by atoms with Crippen LogP contribution in [0.2, 0.25) is 0 Å². The molecule has 3 rings (SSSR count). The number of anilines is 1. The Hall–Kier alpha value is -2.87. The van der Waals surface area contributed by atoms with Gasteiger partial charge in [0.1, 0.15) is 5.01 Å². The Kier molecular flexibility index (Phi) is 4.76. The predicted molar refractivity (Wildman–Crippen MR) is 90.2 cm³/mol. The van der Waals surface area contributed by atoms with Crippen LogP contribution in [0.5, 0.6) is 0 Å². The molecule has 8 heteroatoms. The quantitative estimate of drug-likeness (QED) is 0.695. The van der Waals surface area contributed by atoms with Gasteiger partial charge in [0.05, 0.1) is 0 Å². The molecular formula is C16H15N5O2S. The molecule has 3 aromatic rings. The van der Waals surface area contributed by atoms with Gasteiger partial charge in [0.2, 0.25) is 5.13 Å². The number of benzene rings is 1. The van der Waals surface area contributed by atoms with Gasteiger partial charge in [-0.2, -0.15) is 0 Å². The summed E-state index contributed by atoms with van der Waals surface area (Å²) in [4.78, 5) is 28.1. The summed E-state index contributed by atoms with van der Waals surface area (Å²) in [7, 11) is 1.74. The lowest BCUT2D eigenvalue weighted by molar-refractivity contribution is 0.0980. The van der Waals surface area contributed by atoms with Crippen molar-refractivity contribution in [2.75, 3.05) is 5.32 Å². The number of amides is 1. The lowest BCUT2D eigenvalue weighted by Gasteiger charge is -2.00. The van der Waals surface area contributed by atoms with Gasteiger partial charge in [0, 0.05) is 37.8 Å². The highest BCUT2D eigenvalue weighted by molar-refractivity contribution is 7.15. The van der Waals surface area contributed by atoms with Crippen molar-refractivity contribution in [2.45, 2.75) is 12.8 Å². The lowest BCUT2D eigenvalue weighted by Crippen LogP contribution is -2.16. The second kappa shape index (κ2) is 7.14. The summed E-state index contributed by atoms with van der Waals surface area (Å²) in [6.45, 7) is 0. The first-order valence-electron chi connectivity index (χ1n) is 7.33. The van der Waals surface area contributed by atoms with Crippen molar-refractivity contribution in [1.29, 1.82) is 0 Å². The van der Waals surface area contributed by atoms with E-state index in [0.29, 0.717) is 34.4 Å². The number of hydrogen-bond donors (Lipinski definition) is 1. The van der Waals surface area contributed by atoms with Gasteiger partial charge >= 0.3 is 0 Å². The molecule has 122 valence electrons. The summed E-state index contributed by atoms with van der Waals surface area (Å²) in [5, 5.41) is 11.7. The maximum absolute atomic E-state index is 12.1. The number of rotatable bonds is 6. The molecule has 0 saturated carbocycles. The highest BCUT2D eigenvalue weighted by Crippen LogP contribution is 2.18. The van der Waals surface area contributed by atoms with E-state index in [1.807, 2.05) is 18.2 Å². The lowest BCUT2D eigenvalue weighted by atomic mass is 10.1. The average molecular weight is 341 g/mol. The smallest absolute Gasteiger partial charge is 0.293 e. The fourth-order valence-corrected chi connectivity index (χ4v) is 2.87. The van der Waals surface area contributed by atoms with Crippen molar-refractivity contribution in [1.82, 2.24) is 19.7 Å². The van der Waals surface area contributed by atoms with Gasteiger partial charge in [-0.15, -0.1) is 10.2 Å². The normalized spacial score (nSPS) is 10.5. The summed E-state index contributed by atoms with van der Waals surface area (Å²) < 4.78 is 1.62. The molecule has 24 heavy (non-hydrogen) atoms. The SMILES string of the molecule is Cn1ccnc1C(=O)Nc1nnc(CCC(=O)c2ccccc2)s1. The monoisotopic (exact) mass is 341 g/mol. The molecule has 0 bridgehead atoms. The first-order chi connectivity index (χ1) is 11.6. The van der Waals surface area contributed by atoms with Gasteiger partial charge in [0.15, 0.2) is 11.6 Å². The van der Waals surface area contributed by atoms with Crippen molar-refractivity contribution in [2.24, 2.45) is 7.05 Å². The molecule has 7 nitrogen and oxygen atoms in total. The van der Waals surface area contributed by atoms with E-state index >= 15 is 0 Å². The fourth-order valence-electron chi connectivity index (χ4n) is 2.13. The summed E-state index contributed by atoms with van der Waals surface area (Å²) in [6, 6.07) is 9.13. The van der Waals surface area contributed by atoms with Crippen molar-refractivity contribution in [3.05, 3.63) is 59.1 Å². The number of nitrogens with zero attached hydrogens (tertiary/aromatic N) is 4. The Labute approximate surface area is 142 Å². The number of imidazole rings is 1. The molecule has 1 N–H and O–H groups in total. The van der Waals surface area contributed by atoms with Crippen molar-refractivity contribution in [3.8, 4) is 0 Å². The van der Waals surface area contributed by atoms with E-state index in [0.717, 1.165) is 0 Å². The third-order valence-corrected chi connectivity index (χ3v) is 4.27. The van der Waals surface area contributed by atoms with E-state index in [9.17, 15) is 9.59 Å². The number of hydrogen-bond acceptors (Lipinski definition) is 6. The number of carbonyl (C=O) groups is 2. The average Bonchev–Trinajstić information content (AvgIpc) is 3.22. The van der Waals surface area contributed by atoms with Gasteiger partial charge in [-0.3, -0.25) is 14.9 Å². The largest absolute Gasteiger partial charge is 0.330 e. The van der Waals surface area contributed by atoms with Crippen LogP contribution in [0.25, 0.3) is 0 Å². The van der Waals surface area contributed by atoms with Crippen molar-refractivity contribution >= 4 is 28.2 Å². The van der Waals surface area contributed by atoms with Crippen LogP contribution >= 0.6 is 11.3 Å². The van der Waals surface area contributed by atoms with Crippen LogP contribution in [0.3, 0.4) is 0 Å². The molecular weight excluding hydrogens is 326 g/mol. The zero-order valence-corrected chi connectivity index (χ0v) is 13.8. The fraction of sp³-hybridized carbons (Fsp3) is 0.188. The van der Waals surface area contributed by atoms with E-state index in [1.54, 1.807) is 36.1 Å². The van der Waals surface area contributed by atoms with Gasteiger partial charge in [-0.05, 0) is 0 Å². The second-order valence-electron chi connectivity index (χ2n) is 5.11. The van der Waals surface area contributed by atoms with Crippen LogP contribution in [0, 0.1) is 0 Å². The Morgan fingerprint density at radius 2 is 2.00 bits per heavy atom. The van der Waals surface area contributed by atoms with Crippen LogP contribution in [0.4, 0.5) is 5.13 Å². The van der Waals surface area contributed by atoms with Gasteiger partial charge in [0.25, 0.3) is 5.91 Å². The molecule has 2 aromatic heterocycles. The summed E-state index contributed by atoms with van der Waals surface area (Å²) in [5.74, 6) is 0.0148. The number of aryl methyl sites for hydroxylation is 2. The third-order valence-electron chi connectivity index (χ3n) is 3.37. The van der Waals surface area contributed by atoms with E-state index in [2.05, 4.69) is 20.5 Å². The molecule has 0 atom stereocenters. The van der Waals surface area contributed by atoms with Gasteiger partial charge < -0.3 is 4.57 Å². The first kappa shape index (κ1) is 16.0. The minimum Gasteiger partial charge on any atom is -0.330 e. The number of nitrogens with one attached hydrogen (secondary N) is 1. The number of Topliss-reactive ketones (excluding diaryl/α,β-unsaturated/α-hetero) is 1. The Morgan fingerprint density at radius 1 is 1.21 bits per heavy atom. The molecule has 0 fully saturated rings. The molecule has 1 amide bonds. The zero-order chi connectivity index (χ0) is 16.9. The first-order valence-corrected chi connectivity index (χ1v) is 8.14. The van der Waals surface area contributed by atoms with E-state index in [4.69, 9.17) is 0 Å². The number of aromatic nitrogens is 4. The minimum absolute atomic E-state index is 0.0596. The molecule has 0 spiro atoms. The van der Waals surface area contributed by atoms with Crippen LogP contribution in [-0.2, 0) is 13.5 Å². The maximum atomic E-state index is 12.1. The molecule has 0 saturated heterocycles. The molecule has 0 aliphatic rings. The van der Waals surface area contributed by atoms with Crippen LogP contribution < -0.4 is 5.32 Å². The van der Waals surface area contributed by atoms with Crippen LogP contribution in [0.1, 0.15) is 32.4 Å². The predicted octanol–water partition coefficient (Wildman–Crippen LogP) is 2.34. The van der Waals surface area contributed by atoms with E-state index in [-0.39, 0.29) is 11.7 Å². The van der Waals surface area contributed by atoms with Gasteiger partial charge in [-0.1, -0.05) is 41.7 Å². The molecule has 1 aromatic carbocycles. The summed E-state index contributed by atoms with van der Waals surface area (Å²) in [5.41, 5.74) is 0.685.